The van der Waals surface area contributed by atoms with Crippen LogP contribution in [0.4, 0.5) is 15.6 Å². The Morgan fingerprint density at radius 2 is 2.00 bits per heavy atom. The maximum atomic E-state index is 12.9. The van der Waals surface area contributed by atoms with Crippen molar-refractivity contribution in [2.24, 2.45) is 0 Å². The van der Waals surface area contributed by atoms with Gasteiger partial charge in [0, 0.05) is 37.8 Å². The second kappa shape index (κ2) is 7.52. The topological polar surface area (TPSA) is 92.7 Å². The molecule has 2 aromatic heterocycles. The van der Waals surface area contributed by atoms with Crippen LogP contribution in [0.1, 0.15) is 18.4 Å². The normalized spacial score (nSPS) is 17.1. The highest BCUT2D eigenvalue weighted by Crippen LogP contribution is 2.47. The molecule has 0 saturated carbocycles. The number of carbonyl (C=O) groups is 1. The smallest absolute Gasteiger partial charge is 0.323 e. The zero-order valence-electron chi connectivity index (χ0n) is 17.7. The van der Waals surface area contributed by atoms with Crippen molar-refractivity contribution in [1.29, 1.82) is 0 Å². The molecule has 3 aromatic rings. The highest BCUT2D eigenvalue weighted by atomic mass is 32.1. The van der Waals surface area contributed by atoms with Crippen molar-refractivity contribution in [3.63, 3.8) is 0 Å². The second-order valence-electron chi connectivity index (χ2n) is 7.99. The fourth-order valence-corrected chi connectivity index (χ4v) is 5.48. The van der Waals surface area contributed by atoms with Gasteiger partial charge >= 0.3 is 6.03 Å². The lowest BCUT2D eigenvalue weighted by Crippen LogP contribution is -2.48. The Morgan fingerprint density at radius 3 is 2.74 bits per heavy atom. The van der Waals surface area contributed by atoms with Crippen LogP contribution in [-0.4, -0.2) is 66.8 Å². The van der Waals surface area contributed by atoms with Crippen LogP contribution in [0.15, 0.2) is 24.5 Å². The van der Waals surface area contributed by atoms with Gasteiger partial charge in [-0.1, -0.05) is 11.3 Å². The summed E-state index contributed by atoms with van der Waals surface area (Å²) in [7, 11) is 5.36. The van der Waals surface area contributed by atoms with E-state index in [1.54, 1.807) is 7.11 Å². The summed E-state index contributed by atoms with van der Waals surface area (Å²) in [5.41, 5.74) is 3.19. The summed E-state index contributed by atoms with van der Waals surface area (Å²) >= 11 is 1.31. The molecule has 5 rings (SSSR count). The van der Waals surface area contributed by atoms with E-state index in [0.717, 1.165) is 25.1 Å². The van der Waals surface area contributed by atoms with Crippen LogP contribution in [0.2, 0.25) is 0 Å². The first-order valence-corrected chi connectivity index (χ1v) is 11.0. The molecule has 0 radical (unpaired) electrons. The standard InChI is InChI=1S/C21H24N6O3S/c1-26-11-21(14-10-13(29-2)4-5-15(14)26)6-8-27(9-7-21)20(28)25-19-24-16-17(30-3)22-12-23-18(16)31-19/h4-5,10,12H,6-9,11H2,1-3H3,(H,24,25,28). The molecule has 1 fully saturated rings. The van der Waals surface area contributed by atoms with Crippen molar-refractivity contribution in [1.82, 2.24) is 19.9 Å². The van der Waals surface area contributed by atoms with Gasteiger partial charge in [-0.25, -0.2) is 14.8 Å². The van der Waals surface area contributed by atoms with Gasteiger partial charge in [-0.3, -0.25) is 5.32 Å². The van der Waals surface area contributed by atoms with Crippen LogP contribution < -0.4 is 19.7 Å². The molecule has 10 heteroatoms. The van der Waals surface area contributed by atoms with Crippen LogP contribution >= 0.6 is 11.3 Å². The zero-order valence-corrected chi connectivity index (χ0v) is 18.5. The SMILES string of the molecule is COc1ccc2c(c1)C1(CCN(C(=O)Nc3nc4c(OC)ncnc4s3)CC1)CN2C. The summed E-state index contributed by atoms with van der Waals surface area (Å²) in [5.74, 6) is 1.28. The van der Waals surface area contributed by atoms with Crippen LogP contribution in [-0.2, 0) is 5.41 Å². The highest BCUT2D eigenvalue weighted by molar-refractivity contribution is 7.22. The summed E-state index contributed by atoms with van der Waals surface area (Å²) in [4.78, 5) is 30.4. The molecule has 1 spiro atoms. The van der Waals surface area contributed by atoms with E-state index in [1.165, 1.54) is 36.0 Å². The first-order chi connectivity index (χ1) is 15.0. The number of thiazole rings is 1. The van der Waals surface area contributed by atoms with E-state index in [1.807, 2.05) is 11.0 Å². The number of carbonyl (C=O) groups excluding carboxylic acids is 1. The van der Waals surface area contributed by atoms with Crippen LogP contribution in [0, 0.1) is 0 Å². The highest BCUT2D eigenvalue weighted by Gasteiger charge is 2.44. The van der Waals surface area contributed by atoms with Crippen molar-refractivity contribution in [3.05, 3.63) is 30.1 Å². The van der Waals surface area contributed by atoms with Crippen molar-refractivity contribution in [3.8, 4) is 11.6 Å². The average Bonchev–Trinajstić information content (AvgIpc) is 3.32. The Morgan fingerprint density at radius 1 is 1.19 bits per heavy atom. The number of hydrogen-bond donors (Lipinski definition) is 1. The van der Waals surface area contributed by atoms with Gasteiger partial charge in [-0.2, -0.15) is 4.98 Å². The largest absolute Gasteiger partial charge is 0.497 e. The van der Waals surface area contributed by atoms with Gasteiger partial charge < -0.3 is 19.3 Å². The van der Waals surface area contributed by atoms with E-state index in [-0.39, 0.29) is 11.4 Å². The van der Waals surface area contributed by atoms with Gasteiger partial charge in [-0.15, -0.1) is 0 Å². The minimum Gasteiger partial charge on any atom is -0.497 e. The number of methoxy groups -OCH3 is 2. The quantitative estimate of drug-likeness (QED) is 0.669. The minimum atomic E-state index is -0.141. The summed E-state index contributed by atoms with van der Waals surface area (Å²) in [6, 6.07) is 6.16. The third kappa shape index (κ3) is 3.31. The summed E-state index contributed by atoms with van der Waals surface area (Å²) in [6.07, 6.45) is 3.24. The van der Waals surface area contributed by atoms with Gasteiger partial charge in [0.05, 0.1) is 14.2 Å². The van der Waals surface area contributed by atoms with E-state index in [2.05, 4.69) is 44.3 Å². The Hall–Kier alpha value is -3.14. The van der Waals surface area contributed by atoms with Crippen LogP contribution in [0.3, 0.4) is 0 Å². The first kappa shape index (κ1) is 19.8. The molecule has 1 saturated heterocycles. The van der Waals surface area contributed by atoms with Gasteiger partial charge in [0.25, 0.3) is 0 Å². The second-order valence-corrected chi connectivity index (χ2v) is 8.97. The molecule has 0 aliphatic carbocycles. The summed E-state index contributed by atoms with van der Waals surface area (Å²) in [5, 5.41) is 3.41. The number of anilines is 2. The van der Waals surface area contributed by atoms with Crippen molar-refractivity contribution in [2.75, 3.05) is 51.1 Å². The Labute approximate surface area is 184 Å². The van der Waals surface area contributed by atoms with Gasteiger partial charge in [0.2, 0.25) is 5.88 Å². The molecular formula is C21H24N6O3S. The lowest BCUT2D eigenvalue weighted by atomic mass is 9.74. The number of hydrogen-bond acceptors (Lipinski definition) is 8. The van der Waals surface area contributed by atoms with E-state index in [4.69, 9.17) is 9.47 Å². The Bertz CT molecular complexity index is 1140. The number of likely N-dealkylation sites (tertiary alicyclic amines) is 1. The maximum absolute atomic E-state index is 12.9. The lowest BCUT2D eigenvalue weighted by molar-refractivity contribution is 0.173. The molecular weight excluding hydrogens is 416 g/mol. The molecule has 1 aromatic carbocycles. The van der Waals surface area contributed by atoms with Gasteiger partial charge in [-0.05, 0) is 36.6 Å². The molecule has 2 amide bonds. The number of urea groups is 1. The van der Waals surface area contributed by atoms with E-state index in [0.29, 0.717) is 34.4 Å². The van der Waals surface area contributed by atoms with Crippen LogP contribution in [0.25, 0.3) is 10.3 Å². The molecule has 2 aliphatic rings. The third-order valence-corrected chi connectivity index (χ3v) is 7.18. The number of piperidine rings is 1. The molecule has 4 heterocycles. The summed E-state index contributed by atoms with van der Waals surface area (Å²) in [6.45, 7) is 2.33. The van der Waals surface area contributed by atoms with E-state index >= 15 is 0 Å². The van der Waals surface area contributed by atoms with Crippen molar-refractivity contribution in [2.45, 2.75) is 18.3 Å². The molecule has 0 atom stereocenters. The molecule has 2 aliphatic heterocycles. The fraction of sp³-hybridized carbons (Fsp3) is 0.429. The van der Waals surface area contributed by atoms with Crippen molar-refractivity contribution >= 4 is 38.5 Å². The molecule has 162 valence electrons. The number of nitrogens with one attached hydrogen (secondary N) is 1. The third-order valence-electron chi connectivity index (χ3n) is 6.30. The molecule has 0 unspecified atom stereocenters. The first-order valence-electron chi connectivity index (χ1n) is 10.1. The predicted octanol–water partition coefficient (Wildman–Crippen LogP) is 3.12. The number of nitrogens with zero attached hydrogens (tertiary/aromatic N) is 5. The Balaban J connectivity index is 1.30. The minimum absolute atomic E-state index is 0.0498. The number of benzene rings is 1. The molecule has 1 N–H and O–H groups in total. The van der Waals surface area contributed by atoms with Crippen LogP contribution in [0.5, 0.6) is 11.6 Å². The summed E-state index contributed by atoms with van der Waals surface area (Å²) < 4.78 is 10.7. The average molecular weight is 441 g/mol. The lowest BCUT2D eigenvalue weighted by Gasteiger charge is -2.39. The maximum Gasteiger partial charge on any atom is 0.323 e. The predicted molar refractivity (Wildman–Crippen MR) is 120 cm³/mol. The van der Waals surface area contributed by atoms with E-state index < -0.39 is 0 Å². The monoisotopic (exact) mass is 440 g/mol. The number of rotatable bonds is 3. The number of amides is 2. The van der Waals surface area contributed by atoms with Gasteiger partial charge in [0.1, 0.15) is 12.1 Å². The van der Waals surface area contributed by atoms with Gasteiger partial charge in [0.15, 0.2) is 15.5 Å². The molecule has 31 heavy (non-hydrogen) atoms. The molecule has 0 bridgehead atoms. The number of aromatic nitrogens is 3. The number of fused-ring (bicyclic) bond motifs is 3. The number of ether oxygens (including phenoxy) is 2. The zero-order chi connectivity index (χ0) is 21.6. The molecule has 9 nitrogen and oxygen atoms in total. The van der Waals surface area contributed by atoms with Crippen molar-refractivity contribution < 1.29 is 14.3 Å². The van der Waals surface area contributed by atoms with E-state index in [9.17, 15) is 4.79 Å². The Kier molecular flexibility index (Phi) is 4.81. The fourth-order valence-electron chi connectivity index (χ4n) is 4.70. The number of likely N-dealkylation sites (N-methyl/N-ethyl adjacent to an activating group) is 1.